The molecule has 2 N–H and O–H groups in total. The number of hydrogen-bond acceptors (Lipinski definition) is 4. The Hall–Kier alpha value is -0.170. The molecule has 0 saturated heterocycles. The quantitative estimate of drug-likeness (QED) is 0.520. The first-order valence-corrected chi connectivity index (χ1v) is 7.53. The third kappa shape index (κ3) is 10.4. The van der Waals surface area contributed by atoms with Gasteiger partial charge in [0.1, 0.15) is 0 Å². The Morgan fingerprint density at radius 1 is 1.12 bits per heavy atom. The summed E-state index contributed by atoms with van der Waals surface area (Å²) in [6.45, 7) is 7.29. The molecule has 0 rings (SSSR count). The van der Waals surface area contributed by atoms with Crippen LogP contribution in [0.5, 0.6) is 0 Å². The molecule has 0 saturated carbocycles. The van der Waals surface area contributed by atoms with E-state index in [0.29, 0.717) is 26.2 Å². The second-order valence-corrected chi connectivity index (χ2v) is 5.40. The van der Waals surface area contributed by atoms with E-state index in [9.17, 15) is 8.42 Å². The van der Waals surface area contributed by atoms with E-state index >= 15 is 0 Å². The molecule has 0 aromatic carbocycles. The normalized spacial score (nSPS) is 11.9. The molecule has 0 atom stereocenters. The maximum absolute atomic E-state index is 11.4. The first kappa shape index (κ1) is 15.8. The average molecular weight is 252 g/mol. The highest BCUT2D eigenvalue weighted by atomic mass is 32.2. The molecule has 0 radical (unpaired) electrons. The van der Waals surface area contributed by atoms with Gasteiger partial charge in [0.05, 0.1) is 5.75 Å². The molecule has 0 aromatic heterocycles. The Morgan fingerprint density at radius 2 is 1.88 bits per heavy atom. The van der Waals surface area contributed by atoms with E-state index in [4.69, 9.17) is 4.74 Å². The molecule has 0 spiro atoms. The second-order valence-electron chi connectivity index (χ2n) is 3.47. The molecule has 0 aliphatic rings. The van der Waals surface area contributed by atoms with Crippen molar-refractivity contribution < 1.29 is 13.2 Å². The third-order valence-corrected chi connectivity index (χ3v) is 3.48. The molecule has 0 heterocycles. The van der Waals surface area contributed by atoms with Crippen molar-refractivity contribution in [2.45, 2.75) is 26.7 Å². The molecular weight excluding hydrogens is 228 g/mol. The van der Waals surface area contributed by atoms with Gasteiger partial charge in [0, 0.05) is 19.8 Å². The third-order valence-electron chi connectivity index (χ3n) is 2.01. The number of ether oxygens (including phenoxy) is 1. The van der Waals surface area contributed by atoms with Crippen LogP contribution in [0.2, 0.25) is 0 Å². The summed E-state index contributed by atoms with van der Waals surface area (Å²) in [5, 5.41) is 3.09. The van der Waals surface area contributed by atoms with Crippen LogP contribution >= 0.6 is 0 Å². The van der Waals surface area contributed by atoms with Crippen LogP contribution < -0.4 is 10.0 Å². The van der Waals surface area contributed by atoms with Gasteiger partial charge in [0.25, 0.3) is 0 Å². The molecule has 0 fully saturated rings. The Kier molecular flexibility index (Phi) is 9.91. The SMILES string of the molecule is CCNCCCS(=O)(=O)NCCCOCC. The van der Waals surface area contributed by atoms with E-state index in [1.807, 2.05) is 13.8 Å². The van der Waals surface area contributed by atoms with Crippen molar-refractivity contribution in [2.75, 3.05) is 38.6 Å². The minimum atomic E-state index is -3.09. The topological polar surface area (TPSA) is 67.4 Å². The summed E-state index contributed by atoms with van der Waals surface area (Å²) >= 11 is 0. The molecule has 0 bridgehead atoms. The van der Waals surface area contributed by atoms with Gasteiger partial charge in [-0.15, -0.1) is 0 Å². The minimum Gasteiger partial charge on any atom is -0.382 e. The van der Waals surface area contributed by atoms with E-state index in [-0.39, 0.29) is 5.75 Å². The highest BCUT2D eigenvalue weighted by molar-refractivity contribution is 7.89. The fraction of sp³-hybridized carbons (Fsp3) is 1.00. The van der Waals surface area contributed by atoms with Crippen molar-refractivity contribution in [1.82, 2.24) is 10.0 Å². The lowest BCUT2D eigenvalue weighted by Gasteiger charge is -2.06. The standard InChI is InChI=1S/C10H24N2O3S/c1-3-11-7-6-10-16(13,14)12-8-5-9-15-4-2/h11-12H,3-10H2,1-2H3. The summed E-state index contributed by atoms with van der Waals surface area (Å²) in [5.74, 6) is 0.189. The summed E-state index contributed by atoms with van der Waals surface area (Å²) < 4.78 is 30.6. The fourth-order valence-electron chi connectivity index (χ4n) is 1.18. The van der Waals surface area contributed by atoms with Crippen LogP contribution in [0.25, 0.3) is 0 Å². The molecule has 0 unspecified atom stereocenters. The maximum Gasteiger partial charge on any atom is 0.211 e. The smallest absolute Gasteiger partial charge is 0.211 e. The van der Waals surface area contributed by atoms with Crippen molar-refractivity contribution in [1.29, 1.82) is 0 Å². The van der Waals surface area contributed by atoms with E-state index in [1.54, 1.807) is 0 Å². The van der Waals surface area contributed by atoms with Gasteiger partial charge in [-0.2, -0.15) is 0 Å². The van der Waals surface area contributed by atoms with Crippen LogP contribution in [0.1, 0.15) is 26.7 Å². The summed E-state index contributed by atoms with van der Waals surface area (Å²) in [7, 11) is -3.09. The van der Waals surface area contributed by atoms with Crippen LogP contribution in [0.4, 0.5) is 0 Å². The van der Waals surface area contributed by atoms with Gasteiger partial charge >= 0.3 is 0 Å². The van der Waals surface area contributed by atoms with Gasteiger partial charge < -0.3 is 10.1 Å². The number of nitrogens with one attached hydrogen (secondary N) is 2. The number of sulfonamides is 1. The van der Waals surface area contributed by atoms with Crippen molar-refractivity contribution in [3.05, 3.63) is 0 Å². The first-order valence-electron chi connectivity index (χ1n) is 5.88. The van der Waals surface area contributed by atoms with E-state index < -0.39 is 10.0 Å². The summed E-state index contributed by atoms with van der Waals surface area (Å²) in [6, 6.07) is 0. The van der Waals surface area contributed by atoms with Gasteiger partial charge in [-0.05, 0) is 32.9 Å². The second kappa shape index (κ2) is 10.0. The van der Waals surface area contributed by atoms with Crippen LogP contribution in [0.15, 0.2) is 0 Å². The zero-order valence-corrected chi connectivity index (χ0v) is 11.1. The predicted molar refractivity (Wildman–Crippen MR) is 66.1 cm³/mol. The summed E-state index contributed by atoms with van der Waals surface area (Å²) in [5.41, 5.74) is 0. The zero-order chi connectivity index (χ0) is 12.3. The molecule has 0 aliphatic heterocycles. The molecule has 0 aliphatic carbocycles. The number of rotatable bonds is 11. The van der Waals surface area contributed by atoms with Crippen molar-refractivity contribution >= 4 is 10.0 Å². The fourth-order valence-corrected chi connectivity index (χ4v) is 2.31. The first-order chi connectivity index (χ1) is 7.62. The molecule has 16 heavy (non-hydrogen) atoms. The van der Waals surface area contributed by atoms with Gasteiger partial charge in [0.2, 0.25) is 10.0 Å². The van der Waals surface area contributed by atoms with Gasteiger partial charge in [0.15, 0.2) is 0 Å². The molecule has 5 nitrogen and oxygen atoms in total. The maximum atomic E-state index is 11.4. The van der Waals surface area contributed by atoms with Crippen molar-refractivity contribution in [3.63, 3.8) is 0 Å². The Labute approximate surface area is 99.0 Å². The Morgan fingerprint density at radius 3 is 2.50 bits per heavy atom. The molecule has 0 aromatic rings. The average Bonchev–Trinajstić information content (AvgIpc) is 2.24. The lowest BCUT2D eigenvalue weighted by molar-refractivity contribution is 0.146. The molecule has 6 heteroatoms. The molecule has 98 valence electrons. The zero-order valence-electron chi connectivity index (χ0n) is 10.3. The van der Waals surface area contributed by atoms with E-state index in [2.05, 4.69) is 10.0 Å². The monoisotopic (exact) mass is 252 g/mol. The highest BCUT2D eigenvalue weighted by Crippen LogP contribution is 1.90. The highest BCUT2D eigenvalue weighted by Gasteiger charge is 2.08. The summed E-state index contributed by atoms with van der Waals surface area (Å²) in [6.07, 6.45) is 1.37. The van der Waals surface area contributed by atoms with Crippen LogP contribution in [-0.4, -0.2) is 47.0 Å². The molecular formula is C10H24N2O3S. The lowest BCUT2D eigenvalue weighted by atomic mass is 10.5. The van der Waals surface area contributed by atoms with Gasteiger partial charge in [-0.1, -0.05) is 6.92 Å². The minimum absolute atomic E-state index is 0.189. The Bertz CT molecular complexity index is 242. The largest absolute Gasteiger partial charge is 0.382 e. The predicted octanol–water partition coefficient (Wildman–Crippen LogP) is 0.332. The summed E-state index contributed by atoms with van der Waals surface area (Å²) in [4.78, 5) is 0. The Balaban J connectivity index is 3.47. The van der Waals surface area contributed by atoms with Crippen molar-refractivity contribution in [2.24, 2.45) is 0 Å². The van der Waals surface area contributed by atoms with E-state index in [0.717, 1.165) is 19.5 Å². The van der Waals surface area contributed by atoms with Crippen molar-refractivity contribution in [3.8, 4) is 0 Å². The van der Waals surface area contributed by atoms with Crippen LogP contribution in [0.3, 0.4) is 0 Å². The number of hydrogen-bond donors (Lipinski definition) is 2. The van der Waals surface area contributed by atoms with Gasteiger partial charge in [-0.25, -0.2) is 13.1 Å². The van der Waals surface area contributed by atoms with Gasteiger partial charge in [-0.3, -0.25) is 0 Å². The lowest BCUT2D eigenvalue weighted by Crippen LogP contribution is -2.29. The molecule has 0 amide bonds. The van der Waals surface area contributed by atoms with Crippen LogP contribution in [-0.2, 0) is 14.8 Å². The van der Waals surface area contributed by atoms with E-state index in [1.165, 1.54) is 0 Å². The van der Waals surface area contributed by atoms with Crippen LogP contribution in [0, 0.1) is 0 Å².